The number of nitrogens with one attached hydrogen (secondary N) is 1. The van der Waals surface area contributed by atoms with Gasteiger partial charge >= 0.3 is 12.6 Å². The van der Waals surface area contributed by atoms with Crippen molar-refractivity contribution in [2.45, 2.75) is 12.6 Å². The van der Waals surface area contributed by atoms with Crippen LogP contribution in [-0.4, -0.2) is 23.7 Å². The van der Waals surface area contributed by atoms with Gasteiger partial charge in [-0.2, -0.15) is 18.2 Å². The number of hydrazine groups is 1. The summed E-state index contributed by atoms with van der Waals surface area (Å²) >= 11 is 0. The smallest absolute Gasteiger partial charge is 0.500 e. The van der Waals surface area contributed by atoms with Crippen LogP contribution in [-0.2, 0) is 0 Å². The first-order chi connectivity index (χ1) is 5.54. The van der Waals surface area contributed by atoms with Gasteiger partial charge in [-0.05, 0) is 0 Å². The van der Waals surface area contributed by atoms with E-state index in [0.717, 1.165) is 0 Å². The topological polar surface area (TPSA) is 55.4 Å². The number of carboxylic acid groups (broad SMARTS) is 1. The van der Waals surface area contributed by atoms with Crippen molar-refractivity contribution in [3.05, 3.63) is 0 Å². The fourth-order valence-corrected chi connectivity index (χ4v) is 0.339. The van der Waals surface area contributed by atoms with Crippen LogP contribution in [0.15, 0.2) is 0 Å². The van der Waals surface area contributed by atoms with Gasteiger partial charge in [0.05, 0.1) is 0 Å². The molecule has 0 saturated heterocycles. The highest BCUT2D eigenvalue weighted by atomic mass is 19.4. The molecule has 0 rings (SSSR count). The summed E-state index contributed by atoms with van der Waals surface area (Å²) in [7, 11) is 0. The normalized spacial score (nSPS) is 12.8. The van der Waals surface area contributed by atoms with E-state index in [-0.39, 0.29) is 5.43 Å². The molecule has 10 heteroatoms. The Labute approximate surface area is 66.7 Å². The van der Waals surface area contributed by atoms with Crippen LogP contribution in [0.4, 0.5) is 31.1 Å². The van der Waals surface area contributed by atoms with Crippen molar-refractivity contribution in [3.8, 4) is 0 Å². The van der Waals surface area contributed by atoms with E-state index in [1.54, 1.807) is 0 Å². The van der Waals surface area contributed by atoms with Gasteiger partial charge in [-0.3, -0.25) is 0 Å². The summed E-state index contributed by atoms with van der Waals surface area (Å²) in [5.74, 6) is 0. The Kier molecular flexibility index (Phi) is 2.98. The molecule has 1 amide bonds. The molecule has 0 spiro atoms. The summed E-state index contributed by atoms with van der Waals surface area (Å²) in [6.07, 6.45) is -14.3. The predicted octanol–water partition coefficient (Wildman–Crippen LogP) is 0.176. The second-order valence-corrected chi connectivity index (χ2v) is 1.68. The standard InChI is InChI=1S/C3H2F6N2O2/c4-2(5,6)10-11(1(12)13)3(7,8)9/h10H,(H,12,13)/p-1. The van der Waals surface area contributed by atoms with E-state index in [0.29, 0.717) is 0 Å². The Morgan fingerprint density at radius 1 is 1.15 bits per heavy atom. The maximum atomic E-state index is 11.4. The SMILES string of the molecule is O=C([O-])N(NC(F)(F)F)C(F)(F)F. The molecule has 4 nitrogen and oxygen atoms in total. The Hall–Kier alpha value is -1.19. The number of hydrogen-bond acceptors (Lipinski definition) is 3. The first-order valence-corrected chi connectivity index (χ1v) is 2.46. The minimum Gasteiger partial charge on any atom is -0.529 e. The summed E-state index contributed by atoms with van der Waals surface area (Å²) in [5.41, 5.74) is -0.258. The first-order valence-electron chi connectivity index (χ1n) is 2.46. The molecular weight excluding hydrogens is 210 g/mol. The third-order valence-electron chi connectivity index (χ3n) is 0.675. The van der Waals surface area contributed by atoms with Crippen molar-refractivity contribution in [2.24, 2.45) is 0 Å². The second-order valence-electron chi connectivity index (χ2n) is 1.68. The van der Waals surface area contributed by atoms with Crippen LogP contribution >= 0.6 is 0 Å². The Balaban J connectivity index is 4.56. The average Bonchev–Trinajstić information content (AvgIpc) is 1.77. The van der Waals surface area contributed by atoms with Gasteiger partial charge in [0.25, 0.3) is 0 Å². The van der Waals surface area contributed by atoms with Crippen LogP contribution in [0.25, 0.3) is 0 Å². The molecule has 13 heavy (non-hydrogen) atoms. The number of hydrogen-bond donors (Lipinski definition) is 1. The van der Waals surface area contributed by atoms with Crippen molar-refractivity contribution in [3.63, 3.8) is 0 Å². The molecule has 0 saturated carbocycles. The Morgan fingerprint density at radius 3 is 1.62 bits per heavy atom. The zero-order valence-electron chi connectivity index (χ0n) is 5.53. The van der Waals surface area contributed by atoms with Crippen molar-refractivity contribution in [1.29, 1.82) is 0 Å². The van der Waals surface area contributed by atoms with Crippen LogP contribution in [0, 0.1) is 0 Å². The van der Waals surface area contributed by atoms with Crippen molar-refractivity contribution in [1.82, 2.24) is 10.4 Å². The molecule has 0 unspecified atom stereocenters. The maximum absolute atomic E-state index is 11.4. The third kappa shape index (κ3) is 4.40. The van der Waals surface area contributed by atoms with E-state index in [9.17, 15) is 36.2 Å². The fraction of sp³-hybridized carbons (Fsp3) is 0.667. The van der Waals surface area contributed by atoms with Gasteiger partial charge in [-0.15, -0.1) is 18.6 Å². The Morgan fingerprint density at radius 2 is 1.54 bits per heavy atom. The lowest BCUT2D eigenvalue weighted by Gasteiger charge is -2.27. The number of carbonyl (C=O) groups is 1. The summed E-state index contributed by atoms with van der Waals surface area (Å²) in [6, 6.07) is 0. The molecule has 0 radical (unpaired) electrons. The van der Waals surface area contributed by atoms with E-state index in [1.165, 1.54) is 0 Å². The monoisotopic (exact) mass is 211 g/mol. The van der Waals surface area contributed by atoms with Crippen LogP contribution in [0.2, 0.25) is 0 Å². The van der Waals surface area contributed by atoms with E-state index in [2.05, 4.69) is 0 Å². The molecule has 0 aromatic carbocycles. The molecule has 0 aromatic heterocycles. The van der Waals surface area contributed by atoms with Gasteiger partial charge in [0.2, 0.25) is 0 Å². The lowest BCUT2D eigenvalue weighted by Crippen LogP contribution is -2.60. The van der Waals surface area contributed by atoms with Gasteiger partial charge in [-0.25, -0.2) is 0 Å². The van der Waals surface area contributed by atoms with Crippen LogP contribution in [0.1, 0.15) is 0 Å². The zero-order chi connectivity index (χ0) is 10.9. The largest absolute Gasteiger partial charge is 0.529 e. The number of alkyl halides is 6. The predicted molar refractivity (Wildman–Crippen MR) is 22.5 cm³/mol. The quantitative estimate of drug-likeness (QED) is 0.382. The molecule has 0 heterocycles. The summed E-state index contributed by atoms with van der Waals surface area (Å²) in [4.78, 5) is 9.56. The molecular formula is C3HF6N2O2-. The van der Waals surface area contributed by atoms with Crippen LogP contribution < -0.4 is 10.5 Å². The highest BCUT2D eigenvalue weighted by Gasteiger charge is 2.44. The maximum Gasteiger partial charge on any atom is 0.500 e. The van der Waals surface area contributed by atoms with Gasteiger partial charge in [0.15, 0.2) is 6.09 Å². The molecule has 0 aliphatic carbocycles. The van der Waals surface area contributed by atoms with Gasteiger partial charge in [0.1, 0.15) is 0 Å². The molecule has 0 atom stereocenters. The van der Waals surface area contributed by atoms with Gasteiger partial charge in [-0.1, -0.05) is 0 Å². The third-order valence-corrected chi connectivity index (χ3v) is 0.675. The number of halogens is 6. The summed E-state index contributed by atoms with van der Waals surface area (Å²) in [5, 5.41) is 7.55. The molecule has 0 bridgehead atoms. The van der Waals surface area contributed by atoms with Crippen LogP contribution in [0.5, 0.6) is 0 Å². The van der Waals surface area contributed by atoms with E-state index < -0.39 is 23.7 Å². The van der Waals surface area contributed by atoms with E-state index in [1.807, 2.05) is 0 Å². The Bertz CT molecular complexity index is 197. The van der Waals surface area contributed by atoms with Crippen LogP contribution in [0.3, 0.4) is 0 Å². The highest BCUT2D eigenvalue weighted by molar-refractivity contribution is 5.62. The van der Waals surface area contributed by atoms with E-state index >= 15 is 0 Å². The highest BCUT2D eigenvalue weighted by Crippen LogP contribution is 2.22. The van der Waals surface area contributed by atoms with Crippen molar-refractivity contribution < 1.29 is 36.2 Å². The first kappa shape index (κ1) is 11.8. The van der Waals surface area contributed by atoms with Crippen molar-refractivity contribution in [2.75, 3.05) is 0 Å². The second kappa shape index (κ2) is 3.28. The number of carbonyl (C=O) groups excluding carboxylic acids is 1. The zero-order valence-corrected chi connectivity index (χ0v) is 5.53. The lowest BCUT2D eigenvalue weighted by atomic mass is 10.9. The minimum atomic E-state index is -5.71. The van der Waals surface area contributed by atoms with E-state index in [4.69, 9.17) is 0 Å². The molecule has 0 aliphatic heterocycles. The average molecular weight is 211 g/mol. The molecule has 1 N–H and O–H groups in total. The van der Waals surface area contributed by atoms with Crippen molar-refractivity contribution >= 4 is 6.09 Å². The molecule has 0 fully saturated rings. The van der Waals surface area contributed by atoms with Gasteiger partial charge < -0.3 is 9.90 Å². The lowest BCUT2D eigenvalue weighted by molar-refractivity contribution is -0.347. The number of rotatable bonds is 1. The minimum absolute atomic E-state index is 0.258. The number of amides is 1. The molecule has 0 aliphatic rings. The molecule has 78 valence electrons. The summed E-state index contributed by atoms with van der Waals surface area (Å²) in [6.45, 7) is 0. The fourth-order valence-electron chi connectivity index (χ4n) is 0.339. The molecule has 0 aromatic rings. The van der Waals surface area contributed by atoms with Gasteiger partial charge in [0, 0.05) is 0 Å². The summed E-state index contributed by atoms with van der Waals surface area (Å²) < 4.78 is 68.1. The number of nitrogens with zero attached hydrogens (tertiary/aromatic N) is 1.